The molecule has 1 aliphatic heterocycles. The first-order chi connectivity index (χ1) is 6.99. The van der Waals surface area contributed by atoms with Crippen LogP contribution in [0, 0.1) is 0 Å². The first-order valence-corrected chi connectivity index (χ1v) is 4.88. The molecule has 0 saturated carbocycles. The zero-order chi connectivity index (χ0) is 11.1. The van der Waals surface area contributed by atoms with Crippen molar-refractivity contribution in [2.45, 2.75) is 19.4 Å². The van der Waals surface area contributed by atoms with Crippen molar-refractivity contribution in [3.8, 4) is 0 Å². The van der Waals surface area contributed by atoms with Gasteiger partial charge in [0.25, 0.3) is 0 Å². The molecule has 0 aliphatic carbocycles. The van der Waals surface area contributed by atoms with Crippen LogP contribution in [-0.4, -0.2) is 12.7 Å². The molecule has 1 aromatic carbocycles. The molecule has 0 unspecified atom stereocenters. The average molecular weight is 203 g/mol. The summed E-state index contributed by atoms with van der Waals surface area (Å²) in [6, 6.07) is 7.45. The van der Waals surface area contributed by atoms with Gasteiger partial charge in [-0.25, -0.2) is 0 Å². The zero-order valence-electron chi connectivity index (χ0n) is 8.99. The van der Waals surface area contributed by atoms with E-state index >= 15 is 0 Å². The standard InChI is InChI=1S/C11H14BNO2/c1-8-11(2,3)15-12(14-8)9-4-6-10(13)7-5-9/h4-7H,1,13H2,2-3H3. The van der Waals surface area contributed by atoms with Crippen LogP contribution in [0.1, 0.15) is 13.8 Å². The van der Waals surface area contributed by atoms with Crippen LogP contribution in [0.5, 0.6) is 0 Å². The van der Waals surface area contributed by atoms with Crippen LogP contribution in [0.4, 0.5) is 5.69 Å². The summed E-state index contributed by atoms with van der Waals surface area (Å²) < 4.78 is 11.3. The van der Waals surface area contributed by atoms with E-state index in [2.05, 4.69) is 6.58 Å². The van der Waals surface area contributed by atoms with Gasteiger partial charge in [0.2, 0.25) is 0 Å². The Morgan fingerprint density at radius 3 is 2.33 bits per heavy atom. The molecule has 15 heavy (non-hydrogen) atoms. The van der Waals surface area contributed by atoms with Gasteiger partial charge in [0, 0.05) is 5.69 Å². The van der Waals surface area contributed by atoms with E-state index in [0.29, 0.717) is 5.76 Å². The predicted molar refractivity (Wildman–Crippen MR) is 61.6 cm³/mol. The van der Waals surface area contributed by atoms with Crippen LogP contribution in [0.3, 0.4) is 0 Å². The van der Waals surface area contributed by atoms with E-state index in [9.17, 15) is 0 Å². The second kappa shape index (κ2) is 3.31. The van der Waals surface area contributed by atoms with Crippen LogP contribution < -0.4 is 11.2 Å². The van der Waals surface area contributed by atoms with Gasteiger partial charge in [0.15, 0.2) is 0 Å². The minimum Gasteiger partial charge on any atom is -0.534 e. The highest BCUT2D eigenvalue weighted by molar-refractivity contribution is 6.62. The Kier molecular flexibility index (Phi) is 2.23. The lowest BCUT2D eigenvalue weighted by Crippen LogP contribution is -2.34. The normalized spacial score (nSPS) is 19.1. The maximum absolute atomic E-state index is 5.72. The van der Waals surface area contributed by atoms with Gasteiger partial charge in [-0.3, -0.25) is 0 Å². The Bertz CT molecular complexity index is 386. The summed E-state index contributed by atoms with van der Waals surface area (Å²) in [4.78, 5) is 0. The molecule has 0 radical (unpaired) electrons. The Morgan fingerprint density at radius 1 is 1.27 bits per heavy atom. The molecule has 1 aliphatic rings. The molecule has 2 N–H and O–H groups in total. The summed E-state index contributed by atoms with van der Waals surface area (Å²) in [6.07, 6.45) is 0. The third-order valence-corrected chi connectivity index (χ3v) is 2.53. The van der Waals surface area contributed by atoms with Crippen molar-refractivity contribution in [1.82, 2.24) is 0 Å². The van der Waals surface area contributed by atoms with Crippen molar-refractivity contribution in [1.29, 1.82) is 0 Å². The molecular weight excluding hydrogens is 189 g/mol. The van der Waals surface area contributed by atoms with Crippen molar-refractivity contribution in [2.75, 3.05) is 5.73 Å². The van der Waals surface area contributed by atoms with Crippen LogP contribution >= 0.6 is 0 Å². The molecule has 4 heteroatoms. The number of rotatable bonds is 1. The van der Waals surface area contributed by atoms with Crippen LogP contribution in [0.15, 0.2) is 36.6 Å². The smallest absolute Gasteiger partial charge is 0.534 e. The van der Waals surface area contributed by atoms with E-state index in [-0.39, 0.29) is 7.12 Å². The van der Waals surface area contributed by atoms with E-state index in [1.165, 1.54) is 0 Å². The number of benzene rings is 1. The van der Waals surface area contributed by atoms with Crippen molar-refractivity contribution >= 4 is 18.3 Å². The van der Waals surface area contributed by atoms with E-state index in [1.807, 2.05) is 38.1 Å². The minimum absolute atomic E-state index is 0.368. The molecule has 0 atom stereocenters. The molecule has 1 fully saturated rings. The van der Waals surface area contributed by atoms with Crippen LogP contribution in [0.2, 0.25) is 0 Å². The third kappa shape index (κ3) is 1.85. The fourth-order valence-electron chi connectivity index (χ4n) is 1.42. The lowest BCUT2D eigenvalue weighted by Gasteiger charge is -2.15. The first kappa shape index (κ1) is 10.1. The van der Waals surface area contributed by atoms with E-state index < -0.39 is 5.60 Å². The Labute approximate surface area is 90.0 Å². The molecular formula is C11H14BNO2. The van der Waals surface area contributed by atoms with Crippen molar-refractivity contribution in [2.24, 2.45) is 0 Å². The molecule has 0 bridgehead atoms. The molecule has 1 saturated heterocycles. The summed E-state index contributed by atoms with van der Waals surface area (Å²) in [7, 11) is -0.368. The summed E-state index contributed by atoms with van der Waals surface area (Å²) in [5.74, 6) is 0.657. The molecule has 2 rings (SSSR count). The maximum atomic E-state index is 5.72. The SMILES string of the molecule is C=C1OB(c2ccc(N)cc2)OC1(C)C. The monoisotopic (exact) mass is 203 g/mol. The second-order valence-electron chi connectivity index (χ2n) is 4.17. The van der Waals surface area contributed by atoms with Crippen LogP contribution in [0.25, 0.3) is 0 Å². The first-order valence-electron chi connectivity index (χ1n) is 4.88. The molecule has 78 valence electrons. The third-order valence-electron chi connectivity index (χ3n) is 2.53. The fraction of sp³-hybridized carbons (Fsp3) is 0.273. The summed E-state index contributed by atoms with van der Waals surface area (Å²) in [6.45, 7) is 7.70. The van der Waals surface area contributed by atoms with Gasteiger partial charge in [-0.2, -0.15) is 0 Å². The minimum atomic E-state index is -0.425. The van der Waals surface area contributed by atoms with Gasteiger partial charge in [-0.15, -0.1) is 0 Å². The highest BCUT2D eigenvalue weighted by Gasteiger charge is 2.42. The van der Waals surface area contributed by atoms with E-state index in [4.69, 9.17) is 15.0 Å². The lowest BCUT2D eigenvalue weighted by atomic mass is 9.79. The zero-order valence-corrected chi connectivity index (χ0v) is 8.99. The molecule has 1 heterocycles. The highest BCUT2D eigenvalue weighted by Crippen LogP contribution is 2.29. The molecule has 0 aromatic heterocycles. The predicted octanol–water partition coefficient (Wildman–Crippen LogP) is 1.30. The van der Waals surface area contributed by atoms with Gasteiger partial charge in [0.05, 0.1) is 5.76 Å². The number of nitrogen functional groups attached to an aromatic ring is 1. The van der Waals surface area contributed by atoms with Gasteiger partial charge in [-0.1, -0.05) is 18.7 Å². The number of nitrogens with two attached hydrogens (primary N) is 1. The summed E-state index contributed by atoms with van der Waals surface area (Å²) in [5.41, 5.74) is 6.87. The van der Waals surface area contributed by atoms with Crippen molar-refractivity contribution < 1.29 is 9.31 Å². The Hall–Kier alpha value is -1.42. The average Bonchev–Trinajstić information content (AvgIpc) is 2.42. The van der Waals surface area contributed by atoms with Gasteiger partial charge in [-0.05, 0) is 31.4 Å². The Morgan fingerprint density at radius 2 is 1.87 bits per heavy atom. The van der Waals surface area contributed by atoms with E-state index in [1.54, 1.807) is 0 Å². The molecule has 3 nitrogen and oxygen atoms in total. The fourth-order valence-corrected chi connectivity index (χ4v) is 1.42. The second-order valence-corrected chi connectivity index (χ2v) is 4.17. The lowest BCUT2D eigenvalue weighted by molar-refractivity contribution is 0.173. The quantitative estimate of drug-likeness (QED) is 0.552. The molecule has 0 amide bonds. The van der Waals surface area contributed by atoms with Crippen LogP contribution in [-0.2, 0) is 9.31 Å². The van der Waals surface area contributed by atoms with Crippen molar-refractivity contribution in [3.05, 3.63) is 36.6 Å². The molecule has 1 aromatic rings. The van der Waals surface area contributed by atoms with Gasteiger partial charge in [0.1, 0.15) is 5.60 Å². The number of hydrogen-bond donors (Lipinski definition) is 1. The number of anilines is 1. The summed E-state index contributed by atoms with van der Waals surface area (Å²) in [5, 5.41) is 0. The van der Waals surface area contributed by atoms with E-state index in [0.717, 1.165) is 11.2 Å². The van der Waals surface area contributed by atoms with Gasteiger partial charge >= 0.3 is 7.12 Å². The molecule has 0 spiro atoms. The topological polar surface area (TPSA) is 44.5 Å². The van der Waals surface area contributed by atoms with Gasteiger partial charge < -0.3 is 15.0 Å². The van der Waals surface area contributed by atoms with Crippen molar-refractivity contribution in [3.63, 3.8) is 0 Å². The number of hydrogen-bond acceptors (Lipinski definition) is 3. The highest BCUT2D eigenvalue weighted by atomic mass is 16.7. The summed E-state index contributed by atoms with van der Waals surface area (Å²) >= 11 is 0. The maximum Gasteiger partial charge on any atom is 0.563 e. The largest absolute Gasteiger partial charge is 0.563 e. The Balaban J connectivity index is 2.21.